The Morgan fingerprint density at radius 2 is 1.28 bits per heavy atom. The molecule has 65 heavy (non-hydrogen) atoms. The van der Waals surface area contributed by atoms with Crippen LogP contribution in [-0.4, -0.2) is 18.9 Å². The SMILES string of the molecule is C=C(O)/C=C\C(C)(CCN(c1cc(C)cc2c1[B]c1ccccc1N2c1ccc2c(c1)C(C)(C)CCC2(C)C)c1c(-c2ccccc2)cc(C(C)(C)C)cc1-c1ccccc1)C(C)(C)C. The third-order valence-electron chi connectivity index (χ3n) is 15.0. The summed E-state index contributed by atoms with van der Waals surface area (Å²) in [5, 5.41) is 10.4. The molecule has 0 aromatic heterocycles. The number of anilines is 5. The van der Waals surface area contributed by atoms with E-state index in [1.165, 1.54) is 90.3 Å². The first-order valence-corrected chi connectivity index (χ1v) is 23.8. The van der Waals surface area contributed by atoms with Crippen LogP contribution in [0.15, 0.2) is 152 Å². The van der Waals surface area contributed by atoms with Crippen LogP contribution in [0.1, 0.15) is 118 Å². The summed E-state index contributed by atoms with van der Waals surface area (Å²) >= 11 is 0. The van der Waals surface area contributed by atoms with Gasteiger partial charge >= 0.3 is 0 Å². The summed E-state index contributed by atoms with van der Waals surface area (Å²) in [4.78, 5) is 5.18. The molecule has 1 unspecified atom stereocenters. The van der Waals surface area contributed by atoms with Gasteiger partial charge < -0.3 is 14.9 Å². The molecule has 0 fully saturated rings. The molecule has 0 saturated carbocycles. The number of aryl methyl sites for hydroxylation is 1. The van der Waals surface area contributed by atoms with Gasteiger partial charge in [-0.15, -0.1) is 0 Å². The standard InChI is InChI=1S/C61H70BN2O/c1-41-36-53(55-54(37-41)64(52-27-21-20-26-51(52)62-55)46-28-29-49-50(40-46)60(11,12)33-32-59(49,9)10)63(35-34-61(13,58(6,7)8)31-30-42(2)65)56-47(43-22-16-14-17-23-43)38-45(57(3,4)5)39-48(56)44-24-18-15-19-25-44/h14-31,36-40,65H,2,32-35H2,1,3-13H3/b31-30-. The van der Waals surface area contributed by atoms with Crippen molar-refractivity contribution < 1.29 is 5.11 Å². The summed E-state index contributed by atoms with van der Waals surface area (Å²) in [5.74, 6) is 0.0723. The first-order chi connectivity index (χ1) is 30.6. The summed E-state index contributed by atoms with van der Waals surface area (Å²) in [6.07, 6.45) is 7.12. The van der Waals surface area contributed by atoms with Gasteiger partial charge in [0.1, 0.15) is 5.76 Å². The van der Waals surface area contributed by atoms with E-state index in [2.05, 4.69) is 240 Å². The minimum absolute atomic E-state index is 0.0666. The maximum absolute atomic E-state index is 10.4. The summed E-state index contributed by atoms with van der Waals surface area (Å²) < 4.78 is 0. The molecule has 1 heterocycles. The lowest BCUT2D eigenvalue weighted by Crippen LogP contribution is -2.43. The monoisotopic (exact) mass is 858 g/mol. The third-order valence-corrected chi connectivity index (χ3v) is 15.0. The fraction of sp³-hybridized carbons (Fsp3) is 0.344. The Balaban J connectivity index is 1.45. The van der Waals surface area contributed by atoms with Crippen molar-refractivity contribution in [3.05, 3.63) is 174 Å². The second-order valence-corrected chi connectivity index (χ2v) is 22.5. The van der Waals surface area contributed by atoms with E-state index in [-0.39, 0.29) is 32.8 Å². The van der Waals surface area contributed by atoms with Gasteiger partial charge in [0, 0.05) is 40.4 Å². The van der Waals surface area contributed by atoms with Gasteiger partial charge in [0.05, 0.1) is 5.69 Å². The molecule has 1 radical (unpaired) electrons. The van der Waals surface area contributed by atoms with Gasteiger partial charge in [-0.2, -0.15) is 0 Å². The van der Waals surface area contributed by atoms with Crippen LogP contribution in [0.25, 0.3) is 22.3 Å². The maximum Gasteiger partial charge on any atom is 0.199 e. The summed E-state index contributed by atoms with van der Waals surface area (Å²) in [5.41, 5.74) is 18.1. The number of aliphatic hydroxyl groups is 1. The molecule has 1 aliphatic carbocycles. The Morgan fingerprint density at radius 1 is 0.708 bits per heavy atom. The van der Waals surface area contributed by atoms with Gasteiger partial charge in [-0.1, -0.05) is 179 Å². The number of fused-ring (bicyclic) bond motifs is 3. The molecule has 0 bridgehead atoms. The van der Waals surface area contributed by atoms with E-state index in [9.17, 15) is 5.11 Å². The van der Waals surface area contributed by atoms with Crippen molar-refractivity contribution in [3.8, 4) is 22.3 Å². The number of rotatable bonds is 10. The molecule has 1 aliphatic heterocycles. The first kappa shape index (κ1) is 45.8. The van der Waals surface area contributed by atoms with E-state index in [1.54, 1.807) is 6.08 Å². The largest absolute Gasteiger partial charge is 0.509 e. The van der Waals surface area contributed by atoms with Crippen LogP contribution in [0, 0.1) is 17.8 Å². The number of aliphatic hydroxyl groups excluding tert-OH is 1. The lowest BCUT2D eigenvalue weighted by Gasteiger charge is -2.44. The van der Waals surface area contributed by atoms with E-state index in [1.807, 2.05) is 0 Å². The Morgan fingerprint density at radius 3 is 1.85 bits per heavy atom. The predicted octanol–water partition coefficient (Wildman–Crippen LogP) is 15.6. The zero-order chi connectivity index (χ0) is 46.7. The number of benzene rings is 6. The molecule has 8 rings (SSSR count). The van der Waals surface area contributed by atoms with Crippen molar-refractivity contribution in [1.29, 1.82) is 0 Å². The van der Waals surface area contributed by atoms with Crippen molar-refractivity contribution in [2.75, 3.05) is 16.3 Å². The highest BCUT2D eigenvalue weighted by Gasteiger charge is 2.40. The molecule has 0 amide bonds. The van der Waals surface area contributed by atoms with Crippen molar-refractivity contribution in [1.82, 2.24) is 0 Å². The average Bonchev–Trinajstić information content (AvgIpc) is 3.26. The quantitative estimate of drug-likeness (QED) is 0.0843. The van der Waals surface area contributed by atoms with Crippen molar-refractivity contribution in [2.24, 2.45) is 10.8 Å². The Bertz CT molecular complexity index is 2710. The second kappa shape index (κ2) is 16.9. The summed E-state index contributed by atoms with van der Waals surface area (Å²) in [6.45, 7) is 32.7. The zero-order valence-corrected chi connectivity index (χ0v) is 41.2. The Hall–Kier alpha value is -5.74. The number of nitrogens with zero attached hydrogens (tertiary/aromatic N) is 2. The fourth-order valence-corrected chi connectivity index (χ4v) is 10.1. The molecule has 3 nitrogen and oxygen atoms in total. The van der Waals surface area contributed by atoms with Crippen LogP contribution in [-0.2, 0) is 16.2 Å². The molecule has 2 aliphatic rings. The highest BCUT2D eigenvalue weighted by Crippen LogP contribution is 2.51. The Labute approximate surface area is 392 Å². The Kier molecular flexibility index (Phi) is 11.9. The van der Waals surface area contributed by atoms with Crippen LogP contribution in [0.4, 0.5) is 28.4 Å². The van der Waals surface area contributed by atoms with E-state index in [4.69, 9.17) is 0 Å². The lowest BCUT2D eigenvalue weighted by atomic mass is 9.59. The highest BCUT2D eigenvalue weighted by molar-refractivity contribution is 6.73. The van der Waals surface area contributed by atoms with E-state index in [0.717, 1.165) is 12.8 Å². The van der Waals surface area contributed by atoms with Gasteiger partial charge in [0.2, 0.25) is 0 Å². The van der Waals surface area contributed by atoms with Gasteiger partial charge in [-0.3, -0.25) is 0 Å². The molecular weight excluding hydrogens is 787 g/mol. The molecule has 1 atom stereocenters. The van der Waals surface area contributed by atoms with Crippen molar-refractivity contribution in [3.63, 3.8) is 0 Å². The smallest absolute Gasteiger partial charge is 0.199 e. The second-order valence-electron chi connectivity index (χ2n) is 22.5. The number of allylic oxidation sites excluding steroid dienone is 2. The van der Waals surface area contributed by atoms with Crippen LogP contribution < -0.4 is 20.7 Å². The number of hydrogen-bond acceptors (Lipinski definition) is 3. The van der Waals surface area contributed by atoms with E-state index >= 15 is 0 Å². The zero-order valence-electron chi connectivity index (χ0n) is 41.2. The molecule has 333 valence electrons. The first-order valence-electron chi connectivity index (χ1n) is 23.8. The molecule has 4 heteroatoms. The lowest BCUT2D eigenvalue weighted by molar-refractivity contribution is 0.158. The summed E-state index contributed by atoms with van der Waals surface area (Å²) in [6, 6.07) is 47.9. The van der Waals surface area contributed by atoms with Gasteiger partial charge in [0.15, 0.2) is 7.28 Å². The maximum atomic E-state index is 10.4. The third kappa shape index (κ3) is 8.86. The van der Waals surface area contributed by atoms with Gasteiger partial charge in [-0.25, -0.2) is 0 Å². The number of hydrogen-bond donors (Lipinski definition) is 1. The van der Waals surface area contributed by atoms with Gasteiger partial charge in [-0.05, 0) is 141 Å². The molecular formula is C61H70BN2O. The van der Waals surface area contributed by atoms with E-state index < -0.39 is 0 Å². The topological polar surface area (TPSA) is 26.7 Å². The minimum atomic E-state index is -0.308. The minimum Gasteiger partial charge on any atom is -0.509 e. The molecule has 0 spiro atoms. The average molecular weight is 858 g/mol. The van der Waals surface area contributed by atoms with Crippen molar-refractivity contribution >= 4 is 46.6 Å². The molecule has 1 N–H and O–H groups in total. The predicted molar refractivity (Wildman–Crippen MR) is 282 cm³/mol. The van der Waals surface area contributed by atoms with E-state index in [0.29, 0.717) is 6.54 Å². The van der Waals surface area contributed by atoms with Gasteiger partial charge in [0.25, 0.3) is 0 Å². The molecule has 6 aromatic carbocycles. The van der Waals surface area contributed by atoms with Crippen LogP contribution in [0.2, 0.25) is 0 Å². The molecule has 6 aromatic rings. The normalized spacial score (nSPS) is 16.2. The van der Waals surface area contributed by atoms with Crippen LogP contribution in [0.5, 0.6) is 0 Å². The number of para-hydroxylation sites is 1. The highest BCUT2D eigenvalue weighted by atomic mass is 16.3. The van der Waals surface area contributed by atoms with Crippen molar-refractivity contribution in [2.45, 2.75) is 119 Å². The van der Waals surface area contributed by atoms with Crippen LogP contribution in [0.3, 0.4) is 0 Å². The fourth-order valence-electron chi connectivity index (χ4n) is 10.1. The molecule has 0 saturated heterocycles. The summed E-state index contributed by atoms with van der Waals surface area (Å²) in [7, 11) is 2.43. The van der Waals surface area contributed by atoms with Crippen LogP contribution >= 0.6 is 0 Å².